The lowest BCUT2D eigenvalue weighted by atomic mass is 9.85. The van der Waals surface area contributed by atoms with Gasteiger partial charge in [-0.25, -0.2) is 19.0 Å². The number of nitrogens with zero attached hydrogens (tertiary/aromatic N) is 3. The van der Waals surface area contributed by atoms with Crippen molar-refractivity contribution < 1.29 is 23.5 Å². The maximum atomic E-state index is 13.7. The number of cyclic esters (lactones) is 1. The maximum Gasteiger partial charge on any atom is 0.411 e. The smallest absolute Gasteiger partial charge is 0.411 e. The molecule has 4 heterocycles. The highest BCUT2D eigenvalue weighted by Crippen LogP contribution is 2.41. The van der Waals surface area contributed by atoms with Gasteiger partial charge in [-0.05, 0) is 49.2 Å². The summed E-state index contributed by atoms with van der Waals surface area (Å²) in [6.45, 7) is 4.09. The number of ether oxygens (including phenoxy) is 2. The van der Waals surface area contributed by atoms with Crippen molar-refractivity contribution in [3.05, 3.63) is 99.1 Å². The molecule has 4 aromatic rings. The fraction of sp³-hybridized carbons (Fsp3) is 0.267. The number of fused-ring (bicyclic) bond motifs is 5. The minimum atomic E-state index is -1.80. The molecule has 1 amide bonds. The van der Waals surface area contributed by atoms with E-state index in [2.05, 4.69) is 0 Å². The van der Waals surface area contributed by atoms with E-state index in [1.807, 2.05) is 30.3 Å². The molecular formula is C30H26FN3O5. The van der Waals surface area contributed by atoms with Crippen molar-refractivity contribution in [2.24, 2.45) is 0 Å². The molecule has 0 saturated carbocycles. The molecule has 0 spiro atoms. The summed E-state index contributed by atoms with van der Waals surface area (Å²) in [4.78, 5) is 46.6. The first-order chi connectivity index (χ1) is 18.8. The van der Waals surface area contributed by atoms with Crippen LogP contribution in [-0.2, 0) is 39.6 Å². The molecule has 198 valence electrons. The van der Waals surface area contributed by atoms with E-state index in [4.69, 9.17) is 14.5 Å². The largest absolute Gasteiger partial charge is 0.457 e. The number of carbonyl (C=O) groups excluding carboxylic acids is 2. The first-order valence-electron chi connectivity index (χ1n) is 12.9. The van der Waals surface area contributed by atoms with Crippen LogP contribution in [0.3, 0.4) is 0 Å². The highest BCUT2D eigenvalue weighted by molar-refractivity contribution is 5.88. The summed E-state index contributed by atoms with van der Waals surface area (Å²) >= 11 is 0. The molecule has 0 saturated heterocycles. The van der Waals surface area contributed by atoms with Gasteiger partial charge >= 0.3 is 12.1 Å². The van der Waals surface area contributed by atoms with E-state index in [1.165, 1.54) is 17.0 Å². The first kappa shape index (κ1) is 24.8. The predicted molar refractivity (Wildman–Crippen MR) is 141 cm³/mol. The molecule has 2 aromatic carbocycles. The van der Waals surface area contributed by atoms with Gasteiger partial charge in [0.15, 0.2) is 0 Å². The third-order valence-electron chi connectivity index (χ3n) is 7.57. The highest BCUT2D eigenvalue weighted by atomic mass is 19.1. The summed E-state index contributed by atoms with van der Waals surface area (Å²) in [7, 11) is 0. The number of hydrogen-bond donors (Lipinski definition) is 0. The zero-order valence-electron chi connectivity index (χ0n) is 21.6. The van der Waals surface area contributed by atoms with Crippen LogP contribution in [-0.4, -0.2) is 33.1 Å². The van der Waals surface area contributed by atoms with Gasteiger partial charge in [-0.15, -0.1) is 0 Å². The molecule has 2 aliphatic rings. The molecule has 6 rings (SSSR count). The normalized spacial score (nSPS) is 17.3. The van der Waals surface area contributed by atoms with Gasteiger partial charge in [0.1, 0.15) is 12.4 Å². The summed E-state index contributed by atoms with van der Waals surface area (Å²) < 4.78 is 26.4. The fourth-order valence-corrected chi connectivity index (χ4v) is 5.41. The zero-order valence-corrected chi connectivity index (χ0v) is 21.6. The molecule has 2 aliphatic heterocycles. The Morgan fingerprint density at radius 1 is 1.13 bits per heavy atom. The van der Waals surface area contributed by atoms with Gasteiger partial charge in [0.2, 0.25) is 5.60 Å². The van der Waals surface area contributed by atoms with Crippen molar-refractivity contribution in [2.45, 2.75) is 45.6 Å². The van der Waals surface area contributed by atoms with Crippen LogP contribution < -0.4 is 5.56 Å². The molecular weight excluding hydrogens is 501 g/mol. The Bertz CT molecular complexity index is 1700. The van der Waals surface area contributed by atoms with Crippen LogP contribution in [0.25, 0.3) is 22.3 Å². The van der Waals surface area contributed by atoms with E-state index in [9.17, 15) is 18.8 Å². The van der Waals surface area contributed by atoms with Gasteiger partial charge in [-0.2, -0.15) is 0 Å². The molecule has 2 aromatic heterocycles. The lowest BCUT2D eigenvalue weighted by Crippen LogP contribution is -2.49. The Balaban J connectivity index is 1.42. The predicted octanol–water partition coefficient (Wildman–Crippen LogP) is 4.89. The van der Waals surface area contributed by atoms with E-state index >= 15 is 0 Å². The third kappa shape index (κ3) is 3.96. The first-order valence-corrected chi connectivity index (χ1v) is 12.9. The van der Waals surface area contributed by atoms with E-state index in [0.717, 1.165) is 16.5 Å². The van der Waals surface area contributed by atoms with Crippen LogP contribution in [0.1, 0.15) is 42.5 Å². The number of pyridine rings is 2. The van der Waals surface area contributed by atoms with Gasteiger partial charge < -0.3 is 18.9 Å². The standard InChI is InChI=1S/C30H26FN3O5/c1-3-30(39-29(37)33(4-2)15-18-9-11-21(31)12-10-18)23-14-25-26-20(13-19-7-5-6-8-24(19)32-26)16-34(25)27(35)22(23)17-38-28(30)36/h5-14H,3-4,15-17H2,1-2H3/t30-/m0/s1. The van der Waals surface area contributed by atoms with E-state index in [1.54, 1.807) is 36.6 Å². The Hall–Kier alpha value is -4.53. The van der Waals surface area contributed by atoms with Crippen LogP contribution in [0.4, 0.5) is 9.18 Å². The van der Waals surface area contributed by atoms with Gasteiger partial charge in [0.05, 0.1) is 29.0 Å². The van der Waals surface area contributed by atoms with Gasteiger partial charge in [0.25, 0.3) is 5.56 Å². The molecule has 0 unspecified atom stereocenters. The van der Waals surface area contributed by atoms with Crippen molar-refractivity contribution in [1.29, 1.82) is 0 Å². The van der Waals surface area contributed by atoms with E-state index in [0.29, 0.717) is 29.1 Å². The number of amides is 1. The van der Waals surface area contributed by atoms with Crippen molar-refractivity contribution in [1.82, 2.24) is 14.5 Å². The van der Waals surface area contributed by atoms with Crippen molar-refractivity contribution in [2.75, 3.05) is 6.54 Å². The third-order valence-corrected chi connectivity index (χ3v) is 7.57. The van der Waals surface area contributed by atoms with Crippen LogP contribution in [0.15, 0.2) is 65.5 Å². The molecule has 0 radical (unpaired) electrons. The number of halogens is 1. The fourth-order valence-electron chi connectivity index (χ4n) is 5.41. The molecule has 1 atom stereocenters. The Morgan fingerprint density at radius 2 is 1.90 bits per heavy atom. The topological polar surface area (TPSA) is 90.7 Å². The average Bonchev–Trinajstić information content (AvgIpc) is 3.30. The second-order valence-corrected chi connectivity index (χ2v) is 9.77. The minimum absolute atomic E-state index is 0.0690. The Morgan fingerprint density at radius 3 is 2.64 bits per heavy atom. The second kappa shape index (κ2) is 9.34. The monoisotopic (exact) mass is 527 g/mol. The second-order valence-electron chi connectivity index (χ2n) is 9.77. The number of benzene rings is 2. The number of rotatable bonds is 5. The van der Waals surface area contributed by atoms with Crippen molar-refractivity contribution in [3.63, 3.8) is 0 Å². The average molecular weight is 528 g/mol. The Labute approximate surface area is 223 Å². The summed E-state index contributed by atoms with van der Waals surface area (Å²) in [6, 6.07) is 17.3. The number of esters is 1. The molecule has 39 heavy (non-hydrogen) atoms. The van der Waals surface area contributed by atoms with Crippen LogP contribution in [0.5, 0.6) is 0 Å². The molecule has 8 nitrogen and oxygen atoms in total. The van der Waals surface area contributed by atoms with Crippen LogP contribution >= 0.6 is 0 Å². The molecule has 0 N–H and O–H groups in total. The quantitative estimate of drug-likeness (QED) is 0.303. The molecule has 9 heteroatoms. The summed E-state index contributed by atoms with van der Waals surface area (Å²) in [5.74, 6) is -1.10. The maximum absolute atomic E-state index is 13.7. The SMILES string of the molecule is CCN(Cc1ccc(F)cc1)C(=O)O[C@]1(CC)C(=O)OCc2c1cc1n(c2=O)Cc2cc3ccccc3nc2-1. The van der Waals surface area contributed by atoms with Crippen molar-refractivity contribution >= 4 is 23.0 Å². The molecule has 0 bridgehead atoms. The van der Waals surface area contributed by atoms with Gasteiger partial charge in [0, 0.05) is 29.6 Å². The van der Waals surface area contributed by atoms with Crippen molar-refractivity contribution in [3.8, 4) is 11.4 Å². The number of para-hydroxylation sites is 1. The lowest BCUT2D eigenvalue weighted by Gasteiger charge is -2.37. The van der Waals surface area contributed by atoms with Crippen LogP contribution in [0, 0.1) is 5.82 Å². The summed E-state index contributed by atoms with van der Waals surface area (Å²) in [5.41, 5.74) is 2.14. The summed E-state index contributed by atoms with van der Waals surface area (Å²) in [6.07, 6.45) is -0.668. The van der Waals surface area contributed by atoms with Gasteiger partial charge in [-0.3, -0.25) is 4.79 Å². The van der Waals surface area contributed by atoms with Gasteiger partial charge in [-0.1, -0.05) is 37.3 Å². The summed E-state index contributed by atoms with van der Waals surface area (Å²) in [5, 5.41) is 0.970. The zero-order chi connectivity index (χ0) is 27.3. The minimum Gasteiger partial charge on any atom is -0.457 e. The van der Waals surface area contributed by atoms with Crippen LogP contribution in [0.2, 0.25) is 0 Å². The van der Waals surface area contributed by atoms with E-state index < -0.39 is 17.7 Å². The Kier molecular flexibility index (Phi) is 5.94. The highest BCUT2D eigenvalue weighted by Gasteiger charge is 2.51. The molecule has 0 aliphatic carbocycles. The number of aromatic nitrogens is 2. The number of carbonyl (C=O) groups is 2. The molecule has 0 fully saturated rings. The lowest BCUT2D eigenvalue weighted by molar-refractivity contribution is -0.173. The van der Waals surface area contributed by atoms with E-state index in [-0.39, 0.29) is 43.1 Å². The number of hydrogen-bond acceptors (Lipinski definition) is 6.